The minimum absolute atomic E-state index is 0.00286. The van der Waals surface area contributed by atoms with E-state index in [0.717, 1.165) is 11.6 Å². The fraction of sp³-hybridized carbons (Fsp3) is 0.0714. The molecule has 1 aliphatic heterocycles. The fourth-order valence-corrected chi connectivity index (χ4v) is 2.56. The van der Waals surface area contributed by atoms with Gasteiger partial charge in [-0.2, -0.15) is 0 Å². The Morgan fingerprint density at radius 1 is 1.05 bits per heavy atom. The van der Waals surface area contributed by atoms with Crippen molar-refractivity contribution in [2.75, 3.05) is 4.90 Å². The Morgan fingerprint density at radius 3 is 2.55 bits per heavy atom. The van der Waals surface area contributed by atoms with Gasteiger partial charge in [-0.15, -0.1) is 0 Å². The molecule has 0 fully saturated rings. The average molecular weight is 341 g/mol. The maximum Gasteiger partial charge on any atom is 0.149 e. The Balaban J connectivity index is 2.07. The zero-order valence-electron chi connectivity index (χ0n) is 10.1. The van der Waals surface area contributed by atoms with Crippen molar-refractivity contribution in [3.05, 3.63) is 63.4 Å². The molecule has 1 heterocycles. The van der Waals surface area contributed by atoms with Crippen LogP contribution in [0.3, 0.4) is 0 Å². The van der Waals surface area contributed by atoms with Crippen molar-refractivity contribution in [2.24, 2.45) is 0 Å². The van der Waals surface area contributed by atoms with Crippen molar-refractivity contribution in [3.63, 3.8) is 0 Å². The molecule has 0 bridgehead atoms. The molecule has 20 heavy (non-hydrogen) atoms. The van der Waals surface area contributed by atoms with Gasteiger partial charge in [-0.1, -0.05) is 6.07 Å². The quantitative estimate of drug-likeness (QED) is 0.773. The van der Waals surface area contributed by atoms with Gasteiger partial charge in [0.1, 0.15) is 23.3 Å². The van der Waals surface area contributed by atoms with Gasteiger partial charge in [0.15, 0.2) is 0 Å². The smallest absolute Gasteiger partial charge is 0.149 e. The van der Waals surface area contributed by atoms with E-state index in [-0.39, 0.29) is 22.5 Å². The van der Waals surface area contributed by atoms with Crippen LogP contribution in [0.5, 0.6) is 0 Å². The van der Waals surface area contributed by atoms with Gasteiger partial charge in [-0.3, -0.25) is 5.41 Å². The van der Waals surface area contributed by atoms with E-state index in [0.29, 0.717) is 5.56 Å². The molecule has 0 atom stereocenters. The third-order valence-corrected chi connectivity index (χ3v) is 3.81. The number of hydrogen-bond acceptors (Lipinski definition) is 1. The lowest BCUT2D eigenvalue weighted by Crippen LogP contribution is -2.24. The van der Waals surface area contributed by atoms with E-state index in [1.54, 1.807) is 6.07 Å². The zero-order valence-corrected chi connectivity index (χ0v) is 11.6. The highest BCUT2D eigenvalue weighted by Crippen LogP contribution is 2.33. The number of anilines is 1. The highest BCUT2D eigenvalue weighted by Gasteiger charge is 2.28. The summed E-state index contributed by atoms with van der Waals surface area (Å²) in [5.41, 5.74) is 1.24. The monoisotopic (exact) mass is 340 g/mol. The van der Waals surface area contributed by atoms with Crippen molar-refractivity contribution in [1.82, 2.24) is 0 Å². The molecule has 0 saturated heterocycles. The first-order valence-electron chi connectivity index (χ1n) is 5.77. The molecule has 0 aromatic heterocycles. The molecule has 0 aliphatic carbocycles. The normalized spacial score (nSPS) is 13.8. The molecular formula is C14H8BrF3N2. The third-order valence-electron chi connectivity index (χ3n) is 3.21. The van der Waals surface area contributed by atoms with E-state index >= 15 is 0 Å². The largest absolute Gasteiger partial charge is 0.319 e. The second kappa shape index (κ2) is 4.63. The molecule has 2 aromatic carbocycles. The first-order chi connectivity index (χ1) is 9.47. The van der Waals surface area contributed by atoms with Gasteiger partial charge in [0, 0.05) is 11.6 Å². The summed E-state index contributed by atoms with van der Waals surface area (Å²) in [5.74, 6) is -1.92. The second-order valence-electron chi connectivity index (χ2n) is 4.45. The van der Waals surface area contributed by atoms with Gasteiger partial charge in [-0.25, -0.2) is 13.2 Å². The molecule has 2 nitrogen and oxygen atoms in total. The summed E-state index contributed by atoms with van der Waals surface area (Å²) < 4.78 is 40.5. The van der Waals surface area contributed by atoms with Gasteiger partial charge in [0.2, 0.25) is 0 Å². The average Bonchev–Trinajstić information content (AvgIpc) is 2.71. The summed E-state index contributed by atoms with van der Waals surface area (Å²) in [6, 6.07) is 6.15. The maximum absolute atomic E-state index is 13.9. The topological polar surface area (TPSA) is 27.1 Å². The lowest BCUT2D eigenvalue weighted by molar-refractivity contribution is 0.578. The Bertz CT molecular complexity index is 731. The van der Waals surface area contributed by atoms with E-state index in [9.17, 15) is 13.2 Å². The summed E-state index contributed by atoms with van der Waals surface area (Å²) in [6.07, 6.45) is 0. The number of hydrogen-bond donors (Lipinski definition) is 1. The molecule has 0 spiro atoms. The van der Waals surface area contributed by atoms with Crippen LogP contribution in [0, 0.1) is 22.9 Å². The first-order valence-corrected chi connectivity index (χ1v) is 6.56. The zero-order chi connectivity index (χ0) is 14.4. The molecule has 6 heteroatoms. The molecule has 1 N–H and O–H groups in total. The van der Waals surface area contributed by atoms with E-state index in [4.69, 9.17) is 5.41 Å². The van der Waals surface area contributed by atoms with Gasteiger partial charge in [-0.05, 0) is 39.7 Å². The lowest BCUT2D eigenvalue weighted by atomic mass is 10.1. The molecule has 0 radical (unpaired) electrons. The summed E-state index contributed by atoms with van der Waals surface area (Å²) in [5, 5.41) is 8.03. The molecule has 3 rings (SSSR count). The van der Waals surface area contributed by atoms with Crippen LogP contribution in [0.2, 0.25) is 0 Å². The summed E-state index contributed by atoms with van der Waals surface area (Å²) in [6.45, 7) is 0.253. The Labute approximate surface area is 121 Å². The van der Waals surface area contributed by atoms with Gasteiger partial charge in [0.25, 0.3) is 0 Å². The van der Waals surface area contributed by atoms with E-state index < -0.39 is 17.5 Å². The number of benzene rings is 2. The molecule has 1 aliphatic rings. The predicted molar refractivity (Wildman–Crippen MR) is 73.5 cm³/mol. The highest BCUT2D eigenvalue weighted by molar-refractivity contribution is 9.10. The predicted octanol–water partition coefficient (Wildman–Crippen LogP) is 4.21. The van der Waals surface area contributed by atoms with Crippen molar-refractivity contribution < 1.29 is 13.2 Å². The Morgan fingerprint density at radius 2 is 1.80 bits per heavy atom. The first kappa shape index (κ1) is 13.2. The number of nitrogens with zero attached hydrogens (tertiary/aromatic N) is 1. The van der Waals surface area contributed by atoms with E-state index in [1.807, 2.05) is 0 Å². The van der Waals surface area contributed by atoms with Gasteiger partial charge in [0.05, 0.1) is 16.7 Å². The SMILES string of the molecule is N=C1c2cc(F)ccc2CN1c1cc(Br)c(F)cc1F. The Hall–Kier alpha value is -1.82. The maximum atomic E-state index is 13.9. The number of fused-ring (bicyclic) bond motifs is 1. The molecule has 102 valence electrons. The Kier molecular flexibility index (Phi) is 3.05. The summed E-state index contributed by atoms with van der Waals surface area (Å²) >= 11 is 3.00. The molecule has 0 amide bonds. The fourth-order valence-electron chi connectivity index (χ4n) is 2.23. The molecular weight excluding hydrogens is 333 g/mol. The highest BCUT2D eigenvalue weighted by atomic mass is 79.9. The van der Waals surface area contributed by atoms with Crippen LogP contribution in [-0.4, -0.2) is 5.84 Å². The number of rotatable bonds is 1. The van der Waals surface area contributed by atoms with Crippen LogP contribution < -0.4 is 4.90 Å². The van der Waals surface area contributed by atoms with E-state index in [1.165, 1.54) is 23.1 Å². The lowest BCUT2D eigenvalue weighted by Gasteiger charge is -2.19. The minimum atomic E-state index is -0.760. The number of halogens is 4. The standard InChI is InChI=1S/C14H8BrF3N2/c15-10-4-13(12(18)5-11(10)17)20-6-7-1-2-8(16)3-9(7)14(20)19/h1-5,19H,6H2. The molecule has 0 unspecified atom stereocenters. The van der Waals surface area contributed by atoms with Crippen LogP contribution in [0.4, 0.5) is 18.9 Å². The van der Waals surface area contributed by atoms with Crippen LogP contribution >= 0.6 is 15.9 Å². The van der Waals surface area contributed by atoms with Crippen molar-refractivity contribution in [2.45, 2.75) is 6.54 Å². The van der Waals surface area contributed by atoms with Crippen molar-refractivity contribution in [3.8, 4) is 0 Å². The third kappa shape index (κ3) is 2.00. The van der Waals surface area contributed by atoms with E-state index in [2.05, 4.69) is 15.9 Å². The minimum Gasteiger partial charge on any atom is -0.319 e. The van der Waals surface area contributed by atoms with Crippen molar-refractivity contribution >= 4 is 27.5 Å². The second-order valence-corrected chi connectivity index (χ2v) is 5.31. The molecule has 2 aromatic rings. The van der Waals surface area contributed by atoms with Crippen LogP contribution in [0.25, 0.3) is 0 Å². The number of nitrogens with one attached hydrogen (secondary N) is 1. The van der Waals surface area contributed by atoms with Gasteiger partial charge >= 0.3 is 0 Å². The van der Waals surface area contributed by atoms with Crippen LogP contribution in [-0.2, 0) is 6.54 Å². The van der Waals surface area contributed by atoms with Crippen LogP contribution in [0.1, 0.15) is 11.1 Å². The summed E-state index contributed by atoms with van der Waals surface area (Å²) in [4.78, 5) is 1.38. The van der Waals surface area contributed by atoms with Crippen molar-refractivity contribution in [1.29, 1.82) is 5.41 Å². The van der Waals surface area contributed by atoms with Crippen LogP contribution in [0.15, 0.2) is 34.8 Å². The molecule has 0 saturated carbocycles. The summed E-state index contributed by atoms with van der Waals surface area (Å²) in [7, 11) is 0. The number of amidine groups is 1. The van der Waals surface area contributed by atoms with Gasteiger partial charge < -0.3 is 4.90 Å².